The minimum atomic E-state index is -0.465. The van der Waals surface area contributed by atoms with E-state index in [1.165, 1.54) is 34.7 Å². The second-order valence-corrected chi connectivity index (χ2v) is 9.38. The second kappa shape index (κ2) is 8.24. The molecule has 4 aromatic rings. The van der Waals surface area contributed by atoms with E-state index in [9.17, 15) is 14.4 Å². The molecule has 0 saturated heterocycles. The van der Waals surface area contributed by atoms with Gasteiger partial charge in [-0.1, -0.05) is 17.4 Å². The van der Waals surface area contributed by atoms with Crippen LogP contribution in [0, 0.1) is 13.8 Å². The standard InChI is InChI=1S/C19H20N8O3S2/c1-9-6-7-11(8-10(9)2)20-15(29)22-16-23-24-18(31-16)32-17-21-12-13(25(17)3)26(4)19(30)27(5)14(12)28/h6-8H,1-5H3,(H2,20,22,23,29). The lowest BCUT2D eigenvalue weighted by Crippen LogP contribution is -2.37. The Balaban J connectivity index is 1.52. The van der Waals surface area contributed by atoms with E-state index in [4.69, 9.17) is 0 Å². The summed E-state index contributed by atoms with van der Waals surface area (Å²) in [5, 5.41) is 14.3. The number of imidazole rings is 1. The van der Waals surface area contributed by atoms with E-state index in [1.807, 2.05) is 32.0 Å². The normalized spacial score (nSPS) is 11.2. The number of hydrogen-bond acceptors (Lipinski definition) is 8. The first-order chi connectivity index (χ1) is 15.2. The van der Waals surface area contributed by atoms with Gasteiger partial charge in [-0.05, 0) is 48.9 Å². The molecule has 0 bridgehead atoms. The van der Waals surface area contributed by atoms with Gasteiger partial charge in [0.2, 0.25) is 5.13 Å². The summed E-state index contributed by atoms with van der Waals surface area (Å²) < 4.78 is 4.57. The van der Waals surface area contributed by atoms with Crippen LogP contribution < -0.4 is 21.9 Å². The Morgan fingerprint density at radius 3 is 2.47 bits per heavy atom. The number of rotatable bonds is 4. The summed E-state index contributed by atoms with van der Waals surface area (Å²) in [4.78, 5) is 41.3. The van der Waals surface area contributed by atoms with Gasteiger partial charge in [0, 0.05) is 26.8 Å². The molecule has 13 heteroatoms. The minimum Gasteiger partial charge on any atom is -0.308 e. The Morgan fingerprint density at radius 2 is 1.75 bits per heavy atom. The van der Waals surface area contributed by atoms with Crippen LogP contribution in [0.15, 0.2) is 37.3 Å². The molecule has 3 aromatic heterocycles. The van der Waals surface area contributed by atoms with Gasteiger partial charge >= 0.3 is 11.7 Å². The first-order valence-corrected chi connectivity index (χ1v) is 11.1. The van der Waals surface area contributed by atoms with Gasteiger partial charge in [-0.25, -0.2) is 14.6 Å². The molecule has 0 fully saturated rings. The predicted molar refractivity (Wildman–Crippen MR) is 124 cm³/mol. The van der Waals surface area contributed by atoms with Crippen molar-refractivity contribution in [2.45, 2.75) is 23.3 Å². The Labute approximate surface area is 190 Å². The molecule has 32 heavy (non-hydrogen) atoms. The van der Waals surface area contributed by atoms with Gasteiger partial charge in [0.05, 0.1) is 0 Å². The average Bonchev–Trinajstić information content (AvgIpc) is 3.32. The third kappa shape index (κ3) is 3.91. The summed E-state index contributed by atoms with van der Waals surface area (Å²) in [6, 6.07) is 5.22. The van der Waals surface area contributed by atoms with E-state index in [1.54, 1.807) is 18.7 Å². The number of aromatic nitrogens is 6. The molecule has 0 saturated carbocycles. The number of carbonyl (C=O) groups is 1. The van der Waals surface area contributed by atoms with Crippen molar-refractivity contribution >= 4 is 51.1 Å². The summed E-state index contributed by atoms with van der Waals surface area (Å²) in [6.07, 6.45) is 0. The second-order valence-electron chi connectivity index (χ2n) is 7.18. The number of urea groups is 1. The number of nitrogens with zero attached hydrogens (tertiary/aromatic N) is 6. The molecule has 1 aromatic carbocycles. The van der Waals surface area contributed by atoms with Gasteiger partial charge in [0.15, 0.2) is 20.7 Å². The van der Waals surface area contributed by atoms with E-state index in [0.29, 0.717) is 26.0 Å². The monoisotopic (exact) mass is 472 g/mol. The number of fused-ring (bicyclic) bond motifs is 1. The minimum absolute atomic E-state index is 0.190. The van der Waals surface area contributed by atoms with Crippen LogP contribution in [-0.2, 0) is 21.1 Å². The third-order valence-electron chi connectivity index (χ3n) is 4.99. The summed E-state index contributed by atoms with van der Waals surface area (Å²) >= 11 is 2.36. The predicted octanol–water partition coefficient (Wildman–Crippen LogP) is 2.23. The largest absolute Gasteiger partial charge is 0.332 e. The van der Waals surface area contributed by atoms with Crippen LogP contribution in [0.2, 0.25) is 0 Å². The maximum atomic E-state index is 12.4. The molecule has 11 nitrogen and oxygen atoms in total. The Bertz CT molecular complexity index is 1480. The van der Waals surface area contributed by atoms with Crippen molar-refractivity contribution in [1.29, 1.82) is 0 Å². The molecule has 166 valence electrons. The average molecular weight is 473 g/mol. The third-order valence-corrected chi connectivity index (χ3v) is 6.93. The lowest BCUT2D eigenvalue weighted by Gasteiger charge is -2.07. The van der Waals surface area contributed by atoms with Gasteiger partial charge in [0.1, 0.15) is 0 Å². The fourth-order valence-corrected chi connectivity index (χ4v) is 4.81. The van der Waals surface area contributed by atoms with Crippen molar-refractivity contribution in [2.75, 3.05) is 10.6 Å². The number of carbonyl (C=O) groups excluding carboxylic acids is 1. The smallest absolute Gasteiger partial charge is 0.308 e. The fraction of sp³-hybridized carbons (Fsp3) is 0.263. The SMILES string of the molecule is Cc1ccc(NC(=O)Nc2nnc(Sc3nc4c(=O)n(C)c(=O)n(C)c4n3C)s2)cc1C. The van der Waals surface area contributed by atoms with Crippen LogP contribution in [0.3, 0.4) is 0 Å². The number of benzene rings is 1. The summed E-state index contributed by atoms with van der Waals surface area (Å²) in [5.74, 6) is 0. The summed E-state index contributed by atoms with van der Waals surface area (Å²) in [7, 11) is 4.71. The van der Waals surface area contributed by atoms with Crippen molar-refractivity contribution in [3.63, 3.8) is 0 Å². The maximum absolute atomic E-state index is 12.4. The van der Waals surface area contributed by atoms with Crippen LogP contribution >= 0.6 is 23.1 Å². The van der Waals surface area contributed by atoms with Crippen LogP contribution in [0.5, 0.6) is 0 Å². The first-order valence-electron chi connectivity index (χ1n) is 9.44. The number of amides is 2. The number of nitrogens with one attached hydrogen (secondary N) is 2. The van der Waals surface area contributed by atoms with Gasteiger partial charge in [-0.3, -0.25) is 19.2 Å². The molecule has 0 aliphatic carbocycles. The van der Waals surface area contributed by atoms with Crippen molar-refractivity contribution in [3.05, 3.63) is 50.2 Å². The lowest BCUT2D eigenvalue weighted by atomic mass is 10.1. The first kappa shape index (κ1) is 21.8. The molecule has 2 N–H and O–H groups in total. The Kier molecular flexibility index (Phi) is 5.60. The molecule has 3 heterocycles. The van der Waals surface area contributed by atoms with Crippen molar-refractivity contribution in [3.8, 4) is 0 Å². The quantitative estimate of drug-likeness (QED) is 0.436. The summed E-state index contributed by atoms with van der Waals surface area (Å²) in [5.41, 5.74) is 2.60. The zero-order valence-electron chi connectivity index (χ0n) is 18.0. The molecule has 0 aliphatic rings. The molecule has 0 unspecified atom stereocenters. The molecule has 0 atom stereocenters. The van der Waals surface area contributed by atoms with Crippen LogP contribution in [0.1, 0.15) is 11.1 Å². The fourth-order valence-electron chi connectivity index (χ4n) is 3.11. The molecular formula is C19H20N8O3S2. The van der Waals surface area contributed by atoms with Crippen LogP contribution in [0.25, 0.3) is 11.2 Å². The highest BCUT2D eigenvalue weighted by atomic mass is 32.2. The molecule has 4 rings (SSSR count). The highest BCUT2D eigenvalue weighted by Gasteiger charge is 2.19. The van der Waals surface area contributed by atoms with Gasteiger partial charge in [0.25, 0.3) is 5.56 Å². The number of anilines is 2. The van der Waals surface area contributed by atoms with Gasteiger partial charge < -0.3 is 9.88 Å². The molecule has 2 amide bonds. The highest BCUT2D eigenvalue weighted by Crippen LogP contribution is 2.32. The Hall–Kier alpha value is -3.45. The van der Waals surface area contributed by atoms with Crippen molar-refractivity contribution in [2.24, 2.45) is 21.1 Å². The Morgan fingerprint density at radius 1 is 1.00 bits per heavy atom. The summed E-state index contributed by atoms with van der Waals surface area (Å²) in [6.45, 7) is 3.98. The van der Waals surface area contributed by atoms with E-state index < -0.39 is 17.3 Å². The molecule has 0 aliphatic heterocycles. The number of hydrogen-bond donors (Lipinski definition) is 2. The van der Waals surface area contributed by atoms with Crippen molar-refractivity contribution in [1.82, 2.24) is 28.9 Å². The van der Waals surface area contributed by atoms with E-state index in [-0.39, 0.29) is 5.52 Å². The maximum Gasteiger partial charge on any atom is 0.332 e. The zero-order valence-corrected chi connectivity index (χ0v) is 19.6. The van der Waals surface area contributed by atoms with Gasteiger partial charge in [-0.2, -0.15) is 0 Å². The number of aryl methyl sites for hydroxylation is 4. The topological polar surface area (TPSA) is 129 Å². The molecule has 0 spiro atoms. The lowest BCUT2D eigenvalue weighted by molar-refractivity contribution is 0.262. The highest BCUT2D eigenvalue weighted by molar-refractivity contribution is 8.01. The van der Waals surface area contributed by atoms with Gasteiger partial charge in [-0.15, -0.1) is 10.2 Å². The van der Waals surface area contributed by atoms with Crippen LogP contribution in [-0.4, -0.2) is 34.9 Å². The van der Waals surface area contributed by atoms with E-state index in [0.717, 1.165) is 15.7 Å². The zero-order chi connectivity index (χ0) is 23.2. The van der Waals surface area contributed by atoms with Crippen molar-refractivity contribution < 1.29 is 4.79 Å². The van der Waals surface area contributed by atoms with E-state index >= 15 is 0 Å². The molecule has 0 radical (unpaired) electrons. The molecular weight excluding hydrogens is 452 g/mol. The van der Waals surface area contributed by atoms with Crippen LogP contribution in [0.4, 0.5) is 15.6 Å². The van der Waals surface area contributed by atoms with E-state index in [2.05, 4.69) is 25.8 Å².